The van der Waals surface area contributed by atoms with Crippen molar-refractivity contribution in [2.75, 3.05) is 12.3 Å². The van der Waals surface area contributed by atoms with Gasteiger partial charge in [0.15, 0.2) is 5.65 Å². The molecule has 1 aliphatic rings. The van der Waals surface area contributed by atoms with Gasteiger partial charge in [-0.15, -0.1) is 0 Å². The molecule has 0 saturated carbocycles. The number of ether oxygens (including phenoxy) is 1. The molecular formula is C29H27F2N7O2. The van der Waals surface area contributed by atoms with Crippen molar-refractivity contribution < 1.29 is 18.3 Å². The third kappa shape index (κ3) is 5.33. The minimum Gasteiger partial charge on any atom is -0.457 e. The highest BCUT2D eigenvalue weighted by molar-refractivity contribution is 5.99. The molecule has 1 atom stereocenters. The van der Waals surface area contributed by atoms with E-state index in [4.69, 9.17) is 10.5 Å². The standard InChI is InChI=1S/C29H27F2N7O2/c1-17(2)11-18(14-32)29(39)37-10-4-6-20(37)15-38-28-25(27(33)34-16-35-28)26(36-38)23-9-8-22(13-24(23)31)40-21-7-3-5-19(30)12-21/h3,5,7-9,11-13,16-17,20H,4,6,10,15H2,1-2H3,(H2,33,34,35)/t20-/m0/s1. The first-order valence-electron chi connectivity index (χ1n) is 12.9. The molecule has 5 rings (SSSR count). The summed E-state index contributed by atoms with van der Waals surface area (Å²) in [4.78, 5) is 23.3. The zero-order valence-corrected chi connectivity index (χ0v) is 22.0. The van der Waals surface area contributed by atoms with Gasteiger partial charge in [0.25, 0.3) is 5.91 Å². The second-order valence-electron chi connectivity index (χ2n) is 9.92. The van der Waals surface area contributed by atoms with Crippen molar-refractivity contribution in [3.05, 3.63) is 72.1 Å². The number of nitrogens with zero attached hydrogens (tertiary/aromatic N) is 6. The number of nitriles is 1. The van der Waals surface area contributed by atoms with Crippen molar-refractivity contribution in [2.45, 2.75) is 39.3 Å². The van der Waals surface area contributed by atoms with Crippen LogP contribution in [-0.2, 0) is 11.3 Å². The van der Waals surface area contributed by atoms with E-state index in [1.807, 2.05) is 19.9 Å². The van der Waals surface area contributed by atoms with E-state index in [-0.39, 0.29) is 58.6 Å². The number of benzene rings is 2. The molecule has 0 radical (unpaired) electrons. The van der Waals surface area contributed by atoms with Gasteiger partial charge in [-0.25, -0.2) is 23.4 Å². The summed E-state index contributed by atoms with van der Waals surface area (Å²) in [5.41, 5.74) is 7.11. The van der Waals surface area contributed by atoms with Gasteiger partial charge in [0.2, 0.25) is 0 Å². The molecular weight excluding hydrogens is 516 g/mol. The second kappa shape index (κ2) is 11.1. The van der Waals surface area contributed by atoms with Crippen LogP contribution in [0.2, 0.25) is 0 Å². The Bertz CT molecular complexity index is 1660. The predicted molar refractivity (Wildman–Crippen MR) is 145 cm³/mol. The summed E-state index contributed by atoms with van der Waals surface area (Å²) in [6.45, 7) is 4.62. The van der Waals surface area contributed by atoms with Crippen LogP contribution in [0.25, 0.3) is 22.3 Å². The van der Waals surface area contributed by atoms with Crippen molar-refractivity contribution in [3.63, 3.8) is 0 Å². The van der Waals surface area contributed by atoms with Crippen molar-refractivity contribution in [3.8, 4) is 28.8 Å². The van der Waals surface area contributed by atoms with Gasteiger partial charge < -0.3 is 15.4 Å². The van der Waals surface area contributed by atoms with Crippen molar-refractivity contribution >= 4 is 22.8 Å². The summed E-state index contributed by atoms with van der Waals surface area (Å²) in [6.07, 6.45) is 4.46. The summed E-state index contributed by atoms with van der Waals surface area (Å²) in [5, 5.41) is 14.6. The number of anilines is 1. The average Bonchev–Trinajstić information content (AvgIpc) is 3.53. The molecule has 1 saturated heterocycles. The van der Waals surface area contributed by atoms with Gasteiger partial charge in [-0.3, -0.25) is 4.79 Å². The SMILES string of the molecule is CC(C)C=C(C#N)C(=O)N1CCC[C@H]1Cn1nc(-c2ccc(Oc3cccc(F)c3)cc2F)c2c(N)ncnc21. The third-order valence-electron chi connectivity index (χ3n) is 6.66. The lowest BCUT2D eigenvalue weighted by Gasteiger charge is -2.24. The Kier molecular flexibility index (Phi) is 7.42. The molecule has 1 aliphatic heterocycles. The lowest BCUT2D eigenvalue weighted by atomic mass is 10.1. The highest BCUT2D eigenvalue weighted by atomic mass is 19.1. The lowest BCUT2D eigenvalue weighted by Crippen LogP contribution is -2.39. The normalized spacial score (nSPS) is 15.6. The summed E-state index contributed by atoms with van der Waals surface area (Å²) in [7, 11) is 0. The molecule has 2 N–H and O–H groups in total. The number of amides is 1. The number of fused-ring (bicyclic) bond motifs is 1. The summed E-state index contributed by atoms with van der Waals surface area (Å²) in [6, 6.07) is 11.6. The Balaban J connectivity index is 1.47. The molecule has 1 fully saturated rings. The average molecular weight is 544 g/mol. The molecule has 40 heavy (non-hydrogen) atoms. The number of likely N-dealkylation sites (tertiary alicyclic amines) is 1. The number of carbonyl (C=O) groups is 1. The molecule has 0 spiro atoms. The fourth-order valence-electron chi connectivity index (χ4n) is 4.90. The fourth-order valence-corrected chi connectivity index (χ4v) is 4.90. The van der Waals surface area contributed by atoms with E-state index in [1.54, 1.807) is 27.8 Å². The minimum atomic E-state index is -0.626. The largest absolute Gasteiger partial charge is 0.457 e. The number of aromatic nitrogens is 4. The van der Waals surface area contributed by atoms with Gasteiger partial charge in [-0.2, -0.15) is 10.4 Å². The van der Waals surface area contributed by atoms with Crippen LogP contribution in [0.4, 0.5) is 14.6 Å². The molecule has 204 valence electrons. The van der Waals surface area contributed by atoms with Gasteiger partial charge >= 0.3 is 0 Å². The van der Waals surface area contributed by atoms with Gasteiger partial charge in [-0.05, 0) is 43.0 Å². The van der Waals surface area contributed by atoms with E-state index in [2.05, 4.69) is 15.1 Å². The first-order valence-corrected chi connectivity index (χ1v) is 12.9. The molecule has 3 heterocycles. The van der Waals surface area contributed by atoms with E-state index in [9.17, 15) is 14.4 Å². The van der Waals surface area contributed by atoms with Crippen LogP contribution >= 0.6 is 0 Å². The smallest absolute Gasteiger partial charge is 0.264 e. The molecule has 1 amide bonds. The zero-order valence-electron chi connectivity index (χ0n) is 22.0. The zero-order chi connectivity index (χ0) is 28.4. The van der Waals surface area contributed by atoms with Crippen LogP contribution in [0.1, 0.15) is 26.7 Å². The molecule has 2 aromatic carbocycles. The van der Waals surface area contributed by atoms with E-state index in [0.29, 0.717) is 24.0 Å². The maximum atomic E-state index is 15.4. The Labute approximate surface area is 229 Å². The second-order valence-corrected chi connectivity index (χ2v) is 9.92. The summed E-state index contributed by atoms with van der Waals surface area (Å²) in [5.74, 6) is -0.803. The van der Waals surface area contributed by atoms with E-state index in [0.717, 1.165) is 6.42 Å². The summed E-state index contributed by atoms with van der Waals surface area (Å²) >= 11 is 0. The van der Waals surface area contributed by atoms with Gasteiger partial charge in [0, 0.05) is 24.2 Å². The van der Waals surface area contributed by atoms with Gasteiger partial charge in [0.05, 0.1) is 18.0 Å². The van der Waals surface area contributed by atoms with Gasteiger partial charge in [0.1, 0.15) is 52.6 Å². The number of allylic oxidation sites excluding steroid dienone is 1. The molecule has 0 bridgehead atoms. The Hall–Kier alpha value is -4.85. The Morgan fingerprint density at radius 2 is 2.02 bits per heavy atom. The maximum absolute atomic E-state index is 15.4. The topological polar surface area (TPSA) is 123 Å². The first-order chi connectivity index (χ1) is 19.2. The quantitative estimate of drug-likeness (QED) is 0.250. The highest BCUT2D eigenvalue weighted by Gasteiger charge is 2.32. The highest BCUT2D eigenvalue weighted by Crippen LogP contribution is 2.35. The number of hydrogen-bond donors (Lipinski definition) is 1. The fraction of sp³-hybridized carbons (Fsp3) is 0.276. The monoisotopic (exact) mass is 543 g/mol. The molecule has 4 aromatic rings. The van der Waals surface area contributed by atoms with Gasteiger partial charge in [-0.1, -0.05) is 26.0 Å². The van der Waals surface area contributed by atoms with Crippen molar-refractivity contribution in [1.29, 1.82) is 5.26 Å². The lowest BCUT2D eigenvalue weighted by molar-refractivity contribution is -0.127. The molecule has 2 aromatic heterocycles. The van der Waals surface area contributed by atoms with Crippen LogP contribution in [0.15, 0.2) is 60.4 Å². The number of nitrogens with two attached hydrogens (primary N) is 1. The van der Waals surface area contributed by atoms with Crippen LogP contribution < -0.4 is 10.5 Å². The van der Waals surface area contributed by atoms with Crippen molar-refractivity contribution in [1.82, 2.24) is 24.6 Å². The van der Waals surface area contributed by atoms with Crippen LogP contribution in [0, 0.1) is 28.9 Å². The van der Waals surface area contributed by atoms with E-state index >= 15 is 4.39 Å². The minimum absolute atomic E-state index is 0.0532. The summed E-state index contributed by atoms with van der Waals surface area (Å²) < 4.78 is 36.1. The maximum Gasteiger partial charge on any atom is 0.264 e. The number of nitrogen functional groups attached to an aromatic ring is 1. The predicted octanol–water partition coefficient (Wildman–Crippen LogP) is 5.24. The number of hydrogen-bond acceptors (Lipinski definition) is 7. The van der Waals surface area contributed by atoms with E-state index < -0.39 is 11.6 Å². The van der Waals surface area contributed by atoms with Crippen molar-refractivity contribution in [2.24, 2.45) is 5.92 Å². The Morgan fingerprint density at radius 3 is 2.75 bits per heavy atom. The van der Waals surface area contributed by atoms with Crippen LogP contribution in [-0.4, -0.2) is 43.1 Å². The van der Waals surface area contributed by atoms with Crippen LogP contribution in [0.5, 0.6) is 11.5 Å². The number of halogens is 2. The number of carbonyl (C=O) groups excluding carboxylic acids is 1. The third-order valence-corrected chi connectivity index (χ3v) is 6.66. The molecule has 0 unspecified atom stereocenters. The number of rotatable bonds is 7. The molecule has 11 heteroatoms. The molecule has 9 nitrogen and oxygen atoms in total. The first kappa shape index (κ1) is 26.7. The van der Waals surface area contributed by atoms with E-state index in [1.165, 1.54) is 36.7 Å². The molecule has 0 aliphatic carbocycles. The Morgan fingerprint density at radius 1 is 1.23 bits per heavy atom. The van der Waals surface area contributed by atoms with Crippen LogP contribution in [0.3, 0.4) is 0 Å².